The molecule has 1 aliphatic carbocycles. The highest BCUT2D eigenvalue weighted by atomic mass is 79.9. The molecule has 0 atom stereocenters. The number of hydrogen-bond donors (Lipinski definition) is 0. The zero-order chi connectivity index (χ0) is 18.0. The van der Waals surface area contributed by atoms with Gasteiger partial charge in [-0.2, -0.15) is 0 Å². The van der Waals surface area contributed by atoms with Crippen LogP contribution in [-0.4, -0.2) is 30.5 Å². The summed E-state index contributed by atoms with van der Waals surface area (Å²) in [5.74, 6) is 0.212. The predicted molar refractivity (Wildman–Crippen MR) is 100 cm³/mol. The minimum Gasteiger partial charge on any atom is -0.493 e. The molecule has 2 aromatic rings. The fraction of sp³-hybridized carbons (Fsp3) is 0.474. The fourth-order valence-corrected chi connectivity index (χ4v) is 4.04. The molecule has 0 unspecified atom stereocenters. The lowest BCUT2D eigenvalue weighted by atomic mass is 9.93. The van der Waals surface area contributed by atoms with E-state index >= 15 is 0 Å². The number of methoxy groups -OCH3 is 1. The van der Waals surface area contributed by atoms with Crippen molar-refractivity contribution in [2.24, 2.45) is 0 Å². The summed E-state index contributed by atoms with van der Waals surface area (Å²) in [7, 11) is 1.52. The Balaban J connectivity index is 2.03. The van der Waals surface area contributed by atoms with Gasteiger partial charge in [-0.05, 0) is 38.0 Å². The van der Waals surface area contributed by atoms with E-state index in [1.54, 1.807) is 12.1 Å². The highest BCUT2D eigenvalue weighted by Gasteiger charge is 2.27. The summed E-state index contributed by atoms with van der Waals surface area (Å²) >= 11 is 3.41. The van der Waals surface area contributed by atoms with E-state index in [9.17, 15) is 9.59 Å². The zero-order valence-corrected chi connectivity index (χ0v) is 16.1. The maximum Gasteiger partial charge on any atom is 0.349 e. The fourth-order valence-electron chi connectivity index (χ4n) is 3.58. The number of ether oxygens (including phenoxy) is 1. The van der Waals surface area contributed by atoms with Gasteiger partial charge >= 0.3 is 5.63 Å². The number of carbonyl (C=O) groups is 1. The van der Waals surface area contributed by atoms with Crippen LogP contribution in [0.15, 0.2) is 31.9 Å². The molecule has 1 aliphatic rings. The molecule has 1 fully saturated rings. The predicted octanol–water partition coefficient (Wildman–Crippen LogP) is 4.36. The van der Waals surface area contributed by atoms with Gasteiger partial charge in [-0.3, -0.25) is 4.79 Å². The van der Waals surface area contributed by atoms with Crippen LogP contribution in [0, 0.1) is 0 Å². The first-order valence-electron chi connectivity index (χ1n) is 8.67. The number of amides is 1. The summed E-state index contributed by atoms with van der Waals surface area (Å²) in [6, 6.07) is 5.36. The second-order valence-electron chi connectivity index (χ2n) is 6.36. The Bertz CT molecular complexity index is 839. The van der Waals surface area contributed by atoms with Crippen molar-refractivity contribution in [2.45, 2.75) is 45.1 Å². The van der Waals surface area contributed by atoms with Gasteiger partial charge in [0.25, 0.3) is 5.91 Å². The average Bonchev–Trinajstić information content (AvgIpc) is 2.62. The lowest BCUT2D eigenvalue weighted by Crippen LogP contribution is -2.42. The van der Waals surface area contributed by atoms with E-state index < -0.39 is 5.63 Å². The van der Waals surface area contributed by atoms with Crippen LogP contribution in [0.5, 0.6) is 5.75 Å². The molecule has 0 radical (unpaired) electrons. The maximum atomic E-state index is 13.0. The summed E-state index contributed by atoms with van der Waals surface area (Å²) in [6.07, 6.45) is 5.47. The summed E-state index contributed by atoms with van der Waals surface area (Å²) in [5.41, 5.74) is -0.180. The van der Waals surface area contributed by atoms with Crippen molar-refractivity contribution in [1.29, 1.82) is 0 Å². The summed E-state index contributed by atoms with van der Waals surface area (Å²) in [5, 5.41) is 0.661. The normalized spacial score (nSPS) is 15.3. The van der Waals surface area contributed by atoms with Crippen molar-refractivity contribution >= 4 is 32.8 Å². The van der Waals surface area contributed by atoms with Gasteiger partial charge in [0.15, 0.2) is 11.3 Å². The number of nitrogens with zero attached hydrogens (tertiary/aromatic N) is 1. The lowest BCUT2D eigenvalue weighted by Gasteiger charge is -2.33. The van der Waals surface area contributed by atoms with Gasteiger partial charge < -0.3 is 14.1 Å². The first kappa shape index (κ1) is 18.0. The number of halogens is 1. The SMILES string of the molecule is CCN(C(=O)c1cc2cc(Br)cc(OC)c2oc1=O)C1CCCCC1. The van der Waals surface area contributed by atoms with E-state index in [4.69, 9.17) is 9.15 Å². The molecule has 6 heteroatoms. The van der Waals surface area contributed by atoms with Gasteiger partial charge in [0.05, 0.1) is 7.11 Å². The Labute approximate surface area is 155 Å². The molecule has 3 rings (SSSR count). The van der Waals surface area contributed by atoms with Crippen molar-refractivity contribution in [3.8, 4) is 5.75 Å². The first-order chi connectivity index (χ1) is 12.0. The monoisotopic (exact) mass is 407 g/mol. The van der Waals surface area contributed by atoms with Crippen molar-refractivity contribution in [3.63, 3.8) is 0 Å². The van der Waals surface area contributed by atoms with Crippen LogP contribution in [0.3, 0.4) is 0 Å². The molecule has 0 spiro atoms. The number of fused-ring (bicyclic) bond motifs is 1. The van der Waals surface area contributed by atoms with Gasteiger partial charge in [0.1, 0.15) is 5.56 Å². The minimum atomic E-state index is -0.618. The number of hydrogen-bond acceptors (Lipinski definition) is 4. The van der Waals surface area contributed by atoms with E-state index in [2.05, 4.69) is 15.9 Å². The molecular formula is C19H22BrNO4. The van der Waals surface area contributed by atoms with Gasteiger partial charge in [-0.15, -0.1) is 0 Å². The molecule has 0 saturated heterocycles. The van der Waals surface area contributed by atoms with E-state index in [-0.39, 0.29) is 17.5 Å². The van der Waals surface area contributed by atoms with Crippen LogP contribution < -0.4 is 10.4 Å². The Hall–Kier alpha value is -1.82. The van der Waals surface area contributed by atoms with E-state index in [1.807, 2.05) is 17.9 Å². The second-order valence-corrected chi connectivity index (χ2v) is 7.27. The van der Waals surface area contributed by atoms with Crippen LogP contribution in [0.1, 0.15) is 49.4 Å². The lowest BCUT2D eigenvalue weighted by molar-refractivity contribution is 0.0644. The molecule has 1 heterocycles. The first-order valence-corrected chi connectivity index (χ1v) is 9.46. The van der Waals surface area contributed by atoms with Crippen molar-refractivity contribution in [1.82, 2.24) is 4.90 Å². The smallest absolute Gasteiger partial charge is 0.349 e. The minimum absolute atomic E-state index is 0.0834. The van der Waals surface area contributed by atoms with Crippen molar-refractivity contribution in [3.05, 3.63) is 38.7 Å². The molecule has 1 amide bonds. The maximum absolute atomic E-state index is 13.0. The molecule has 134 valence electrons. The molecule has 1 saturated carbocycles. The molecule has 0 bridgehead atoms. The Kier molecular flexibility index (Phi) is 5.47. The molecular weight excluding hydrogens is 386 g/mol. The Morgan fingerprint density at radius 2 is 2.00 bits per heavy atom. The molecule has 1 aromatic carbocycles. The third-order valence-corrected chi connectivity index (χ3v) is 5.29. The summed E-state index contributed by atoms with van der Waals surface area (Å²) in [4.78, 5) is 27.3. The van der Waals surface area contributed by atoms with Crippen LogP contribution in [-0.2, 0) is 0 Å². The van der Waals surface area contributed by atoms with Gasteiger partial charge in [-0.25, -0.2) is 4.79 Å². The standard InChI is InChI=1S/C19H22BrNO4/c1-3-21(14-7-5-4-6-8-14)18(22)15-10-12-9-13(20)11-16(24-2)17(12)25-19(15)23/h9-11,14H,3-8H2,1-2H3. The van der Waals surface area contributed by atoms with Crippen LogP contribution in [0.4, 0.5) is 0 Å². The second kappa shape index (κ2) is 7.60. The number of carbonyl (C=O) groups excluding carboxylic acids is 1. The summed E-state index contributed by atoms with van der Waals surface area (Å²) < 4.78 is 11.5. The number of rotatable bonds is 4. The zero-order valence-electron chi connectivity index (χ0n) is 14.5. The van der Waals surface area contributed by atoms with Crippen LogP contribution >= 0.6 is 15.9 Å². The quantitative estimate of drug-likeness (QED) is 0.706. The van der Waals surface area contributed by atoms with Crippen molar-refractivity contribution in [2.75, 3.05) is 13.7 Å². The number of benzene rings is 1. The third-order valence-electron chi connectivity index (χ3n) is 4.83. The van der Waals surface area contributed by atoms with Gasteiger partial charge in [0.2, 0.25) is 0 Å². The van der Waals surface area contributed by atoms with Crippen molar-refractivity contribution < 1.29 is 13.9 Å². The Morgan fingerprint density at radius 1 is 1.28 bits per heavy atom. The summed E-state index contributed by atoms with van der Waals surface area (Å²) in [6.45, 7) is 2.54. The van der Waals surface area contributed by atoms with Gasteiger partial charge in [0, 0.05) is 22.4 Å². The largest absolute Gasteiger partial charge is 0.493 e. The highest BCUT2D eigenvalue weighted by molar-refractivity contribution is 9.10. The molecule has 0 aliphatic heterocycles. The topological polar surface area (TPSA) is 59.8 Å². The van der Waals surface area contributed by atoms with Gasteiger partial charge in [-0.1, -0.05) is 35.2 Å². The van der Waals surface area contributed by atoms with E-state index in [0.717, 1.165) is 30.2 Å². The Morgan fingerprint density at radius 3 is 2.64 bits per heavy atom. The molecule has 5 nitrogen and oxygen atoms in total. The van der Waals surface area contributed by atoms with Crippen LogP contribution in [0.2, 0.25) is 0 Å². The highest BCUT2D eigenvalue weighted by Crippen LogP contribution is 2.30. The molecule has 0 N–H and O–H groups in total. The van der Waals surface area contributed by atoms with E-state index in [1.165, 1.54) is 13.5 Å². The third kappa shape index (κ3) is 3.59. The van der Waals surface area contributed by atoms with E-state index in [0.29, 0.717) is 23.3 Å². The van der Waals surface area contributed by atoms with Crippen LogP contribution in [0.25, 0.3) is 11.0 Å². The molecule has 1 aromatic heterocycles. The molecule has 25 heavy (non-hydrogen) atoms. The average molecular weight is 408 g/mol.